The lowest BCUT2D eigenvalue weighted by molar-refractivity contribution is -0.188. The van der Waals surface area contributed by atoms with Crippen molar-refractivity contribution in [2.45, 2.75) is 30.5 Å². The van der Waals surface area contributed by atoms with Gasteiger partial charge in [0.05, 0.1) is 0 Å². The first-order valence-corrected chi connectivity index (χ1v) is 3.43. The van der Waals surface area contributed by atoms with Gasteiger partial charge in [0, 0.05) is 0 Å². The van der Waals surface area contributed by atoms with Gasteiger partial charge in [-0.05, 0) is 0 Å². The molecule has 6 nitrogen and oxygen atoms in total. The van der Waals surface area contributed by atoms with Gasteiger partial charge in [0.15, 0.2) is 6.10 Å². The van der Waals surface area contributed by atoms with Crippen LogP contribution in [0.5, 0.6) is 0 Å². The van der Waals surface area contributed by atoms with E-state index in [-0.39, 0.29) is 0 Å². The van der Waals surface area contributed by atoms with Crippen LogP contribution in [-0.4, -0.2) is 61.2 Å². The molecule has 5 atom stereocenters. The van der Waals surface area contributed by atoms with Gasteiger partial charge < -0.3 is 30.6 Å². The molecule has 1 radical (unpaired) electrons. The van der Waals surface area contributed by atoms with E-state index in [9.17, 15) is 0 Å². The van der Waals surface area contributed by atoms with Crippen LogP contribution in [-0.2, 0) is 0 Å². The van der Waals surface area contributed by atoms with Gasteiger partial charge in [0.2, 0.25) is 0 Å². The van der Waals surface area contributed by atoms with Crippen molar-refractivity contribution in [2.75, 3.05) is 0 Å². The lowest BCUT2D eigenvalue weighted by Crippen LogP contribution is -2.60. The molecule has 6 N–H and O–H groups in total. The molecule has 1 rings (SSSR count). The lowest BCUT2D eigenvalue weighted by Gasteiger charge is -2.38. The maximum absolute atomic E-state index is 8.96. The van der Waals surface area contributed by atoms with Gasteiger partial charge >= 0.3 is 0 Å². The molecule has 1 aliphatic rings. The van der Waals surface area contributed by atoms with Crippen LogP contribution in [0.4, 0.5) is 0 Å². The van der Waals surface area contributed by atoms with Crippen molar-refractivity contribution in [1.29, 1.82) is 0 Å². The molecule has 0 amide bonds. The van der Waals surface area contributed by atoms with Crippen LogP contribution in [0.1, 0.15) is 0 Å². The normalized spacial score (nSPS) is 51.0. The van der Waals surface area contributed by atoms with Crippen LogP contribution < -0.4 is 0 Å². The third-order valence-electron chi connectivity index (χ3n) is 1.95. The summed E-state index contributed by atoms with van der Waals surface area (Å²) in [5.74, 6) is 0. The molecule has 0 aromatic rings. The smallest absolute Gasteiger partial charge is 0.155 e. The third-order valence-corrected chi connectivity index (χ3v) is 1.95. The predicted octanol–water partition coefficient (Wildman–Crippen LogP) is -3.29. The highest BCUT2D eigenvalue weighted by Crippen LogP contribution is 2.25. The quantitative estimate of drug-likeness (QED) is 0.232. The molecule has 0 aromatic heterocycles. The number of aliphatic hydroxyl groups is 6. The second-order valence-electron chi connectivity index (χ2n) is 2.79. The summed E-state index contributed by atoms with van der Waals surface area (Å²) in [6.07, 6.45) is -9.30. The number of hydrogen-bond acceptors (Lipinski definition) is 6. The van der Waals surface area contributed by atoms with Gasteiger partial charge in [0.1, 0.15) is 30.5 Å². The van der Waals surface area contributed by atoms with E-state index in [1.165, 1.54) is 0 Å². The van der Waals surface area contributed by atoms with Crippen molar-refractivity contribution < 1.29 is 30.6 Å². The maximum Gasteiger partial charge on any atom is 0.155 e. The number of rotatable bonds is 0. The standard InChI is InChI=1S/C6H11O6/c7-1-2(8)4(10)6(12)5(11)3(1)9/h1-5,7-12H/t1?,2-,3-,4-,5+/m1/s1. The molecule has 0 spiro atoms. The van der Waals surface area contributed by atoms with Crippen LogP contribution in [0.2, 0.25) is 0 Å². The fourth-order valence-corrected chi connectivity index (χ4v) is 1.10. The minimum Gasteiger partial charge on any atom is -0.387 e. The Morgan fingerprint density at radius 2 is 1.00 bits per heavy atom. The average Bonchev–Trinajstić information content (AvgIpc) is 2.08. The molecule has 0 saturated heterocycles. The van der Waals surface area contributed by atoms with Crippen molar-refractivity contribution in [2.24, 2.45) is 0 Å². The molecule has 6 heteroatoms. The monoisotopic (exact) mass is 179 g/mol. The fourth-order valence-electron chi connectivity index (χ4n) is 1.10. The van der Waals surface area contributed by atoms with Gasteiger partial charge in [-0.3, -0.25) is 0 Å². The molecule has 0 heterocycles. The Bertz CT molecular complexity index is 104. The highest BCUT2D eigenvalue weighted by molar-refractivity contribution is 5.08. The Balaban J connectivity index is 2.76. The van der Waals surface area contributed by atoms with Gasteiger partial charge in [-0.1, -0.05) is 0 Å². The molecule has 0 aliphatic heterocycles. The van der Waals surface area contributed by atoms with E-state index in [2.05, 4.69) is 0 Å². The van der Waals surface area contributed by atoms with Crippen molar-refractivity contribution in [3.05, 3.63) is 6.10 Å². The minimum atomic E-state index is -1.72. The number of hydrogen-bond donors (Lipinski definition) is 6. The summed E-state index contributed by atoms with van der Waals surface area (Å²) in [6, 6.07) is 0. The van der Waals surface area contributed by atoms with E-state index in [4.69, 9.17) is 30.6 Å². The lowest BCUT2D eigenvalue weighted by atomic mass is 9.85. The molecule has 1 aliphatic carbocycles. The van der Waals surface area contributed by atoms with E-state index in [0.29, 0.717) is 0 Å². The molecule has 12 heavy (non-hydrogen) atoms. The van der Waals surface area contributed by atoms with Crippen molar-refractivity contribution in [3.63, 3.8) is 0 Å². The molecule has 1 unspecified atom stereocenters. The third kappa shape index (κ3) is 1.33. The summed E-state index contributed by atoms with van der Waals surface area (Å²) in [5.41, 5.74) is 0. The van der Waals surface area contributed by atoms with Crippen LogP contribution >= 0.6 is 0 Å². The molecule has 1 fully saturated rings. The van der Waals surface area contributed by atoms with E-state index < -0.39 is 36.6 Å². The van der Waals surface area contributed by atoms with Gasteiger partial charge in [-0.25, -0.2) is 0 Å². The summed E-state index contributed by atoms with van der Waals surface area (Å²) in [6.45, 7) is 0. The van der Waals surface area contributed by atoms with E-state index in [1.807, 2.05) is 0 Å². The van der Waals surface area contributed by atoms with Crippen LogP contribution in [0.25, 0.3) is 0 Å². The van der Waals surface area contributed by atoms with Crippen LogP contribution in [0.15, 0.2) is 0 Å². The van der Waals surface area contributed by atoms with Gasteiger partial charge in [-0.2, -0.15) is 0 Å². The summed E-state index contributed by atoms with van der Waals surface area (Å²) in [7, 11) is 0. The largest absolute Gasteiger partial charge is 0.387 e. The molecule has 0 aromatic carbocycles. The Kier molecular flexibility index (Phi) is 2.67. The second kappa shape index (κ2) is 3.25. The molecule has 71 valence electrons. The Morgan fingerprint density at radius 3 is 1.33 bits per heavy atom. The Morgan fingerprint density at radius 1 is 0.667 bits per heavy atom. The van der Waals surface area contributed by atoms with E-state index >= 15 is 0 Å². The Labute approximate surface area is 68.3 Å². The van der Waals surface area contributed by atoms with Crippen LogP contribution in [0.3, 0.4) is 0 Å². The molecule has 1 saturated carbocycles. The zero-order valence-corrected chi connectivity index (χ0v) is 6.07. The summed E-state index contributed by atoms with van der Waals surface area (Å²) >= 11 is 0. The number of aliphatic hydroxyl groups excluding tert-OH is 6. The maximum atomic E-state index is 8.96. The first-order valence-electron chi connectivity index (χ1n) is 3.43. The summed E-state index contributed by atoms with van der Waals surface area (Å²) in [4.78, 5) is 0. The average molecular weight is 179 g/mol. The zero-order chi connectivity index (χ0) is 9.46. The van der Waals surface area contributed by atoms with Gasteiger partial charge in [0.25, 0.3) is 0 Å². The summed E-state index contributed by atoms with van der Waals surface area (Å²) in [5, 5.41) is 53.6. The first-order chi connectivity index (χ1) is 5.46. The van der Waals surface area contributed by atoms with Crippen molar-refractivity contribution >= 4 is 0 Å². The van der Waals surface area contributed by atoms with Crippen LogP contribution in [0, 0.1) is 6.10 Å². The molecular formula is C6H11O6. The second-order valence-corrected chi connectivity index (χ2v) is 2.79. The predicted molar refractivity (Wildman–Crippen MR) is 35.2 cm³/mol. The fraction of sp³-hybridized carbons (Fsp3) is 0.833. The van der Waals surface area contributed by atoms with Crippen molar-refractivity contribution in [3.8, 4) is 0 Å². The molecule has 0 bridgehead atoms. The topological polar surface area (TPSA) is 121 Å². The zero-order valence-electron chi connectivity index (χ0n) is 6.07. The highest BCUT2D eigenvalue weighted by Gasteiger charge is 2.48. The summed E-state index contributed by atoms with van der Waals surface area (Å²) < 4.78 is 0. The van der Waals surface area contributed by atoms with Gasteiger partial charge in [-0.15, -0.1) is 0 Å². The van der Waals surface area contributed by atoms with E-state index in [1.54, 1.807) is 0 Å². The Hall–Kier alpha value is -0.240. The molecular weight excluding hydrogens is 168 g/mol. The highest BCUT2D eigenvalue weighted by atomic mass is 16.4. The van der Waals surface area contributed by atoms with E-state index in [0.717, 1.165) is 0 Å². The SMILES string of the molecule is O[C]1[C@@H](O)[C@H](O)C(O)[C@@H](O)[C@H]1O. The minimum absolute atomic E-state index is 0.833. The van der Waals surface area contributed by atoms with Crippen molar-refractivity contribution in [1.82, 2.24) is 0 Å². The first kappa shape index (κ1) is 9.85.